The molecule has 1 heteroatoms. The second-order valence-electron chi connectivity index (χ2n) is 4.75. The maximum absolute atomic E-state index is 4.50. The van der Waals surface area contributed by atoms with Crippen molar-refractivity contribution in [1.82, 2.24) is 4.98 Å². The van der Waals surface area contributed by atoms with Crippen LogP contribution in [0.15, 0.2) is 48.7 Å². The van der Waals surface area contributed by atoms with Crippen LogP contribution in [0.1, 0.15) is 37.9 Å². The topological polar surface area (TPSA) is 12.9 Å². The predicted octanol–water partition coefficient (Wildman–Crippen LogP) is 4.91. The number of benzene rings is 1. The molecule has 0 saturated heterocycles. The Bertz CT molecular complexity index is 519. The second kappa shape index (κ2) is 5.63. The van der Waals surface area contributed by atoms with E-state index in [2.05, 4.69) is 61.3 Å². The van der Waals surface area contributed by atoms with Crippen molar-refractivity contribution in [2.24, 2.45) is 0 Å². The van der Waals surface area contributed by atoms with Crippen molar-refractivity contribution in [3.8, 4) is 11.1 Å². The number of nitrogens with zero attached hydrogens (tertiary/aromatic N) is 1. The molecule has 0 aliphatic rings. The lowest BCUT2D eigenvalue weighted by molar-refractivity contribution is 0.823. The summed E-state index contributed by atoms with van der Waals surface area (Å²) in [7, 11) is 0. The quantitative estimate of drug-likeness (QED) is 0.739. The number of allylic oxidation sites excluding steroid dienone is 1. The highest BCUT2D eigenvalue weighted by atomic mass is 14.7. The summed E-state index contributed by atoms with van der Waals surface area (Å²) >= 11 is 0. The monoisotopic (exact) mass is 237 g/mol. The molecule has 0 aliphatic carbocycles. The van der Waals surface area contributed by atoms with Crippen molar-refractivity contribution >= 4 is 6.08 Å². The Morgan fingerprint density at radius 1 is 0.944 bits per heavy atom. The van der Waals surface area contributed by atoms with Crippen molar-refractivity contribution < 1.29 is 0 Å². The molecule has 0 saturated carbocycles. The summed E-state index contributed by atoms with van der Waals surface area (Å²) in [6.07, 6.45) is 6.11. The molecule has 0 N–H and O–H groups in total. The third kappa shape index (κ3) is 2.86. The first-order valence-corrected chi connectivity index (χ1v) is 6.40. The molecule has 2 aromatic rings. The van der Waals surface area contributed by atoms with E-state index in [1.54, 1.807) is 0 Å². The lowest BCUT2D eigenvalue weighted by Crippen LogP contribution is -1.91. The molecule has 1 aromatic carbocycles. The molecule has 92 valence electrons. The Hall–Kier alpha value is -1.89. The lowest BCUT2D eigenvalue weighted by atomic mass is 10.0. The van der Waals surface area contributed by atoms with E-state index in [0.29, 0.717) is 5.92 Å². The van der Waals surface area contributed by atoms with E-state index in [0.717, 1.165) is 5.69 Å². The van der Waals surface area contributed by atoms with Crippen LogP contribution in [-0.4, -0.2) is 4.98 Å². The van der Waals surface area contributed by atoms with Gasteiger partial charge in [-0.3, -0.25) is 4.98 Å². The fourth-order valence-electron chi connectivity index (χ4n) is 1.90. The maximum atomic E-state index is 4.50. The predicted molar refractivity (Wildman–Crippen MR) is 78.5 cm³/mol. The zero-order valence-electron chi connectivity index (χ0n) is 11.2. The first-order chi connectivity index (χ1) is 8.70. The van der Waals surface area contributed by atoms with Crippen molar-refractivity contribution in [2.75, 3.05) is 0 Å². The van der Waals surface area contributed by atoms with Crippen LogP contribution in [0.3, 0.4) is 0 Å². The molecule has 0 bridgehead atoms. The third-order valence-corrected chi connectivity index (χ3v) is 2.98. The molecule has 0 atom stereocenters. The van der Waals surface area contributed by atoms with Gasteiger partial charge in [0.05, 0.1) is 0 Å². The number of rotatable bonds is 3. The van der Waals surface area contributed by atoms with Gasteiger partial charge in [-0.15, -0.1) is 0 Å². The van der Waals surface area contributed by atoms with Crippen LogP contribution in [0.4, 0.5) is 0 Å². The first kappa shape index (κ1) is 12.6. The molecule has 0 fully saturated rings. The van der Waals surface area contributed by atoms with Crippen LogP contribution in [0.25, 0.3) is 17.2 Å². The van der Waals surface area contributed by atoms with Crippen LogP contribution in [0.5, 0.6) is 0 Å². The molecular formula is C17H19N. The second-order valence-corrected chi connectivity index (χ2v) is 4.75. The third-order valence-electron chi connectivity index (χ3n) is 2.98. The molecular weight excluding hydrogens is 218 g/mol. The van der Waals surface area contributed by atoms with E-state index in [1.807, 2.05) is 19.2 Å². The highest BCUT2D eigenvalue weighted by molar-refractivity contribution is 5.64. The van der Waals surface area contributed by atoms with E-state index in [-0.39, 0.29) is 0 Å². The Balaban J connectivity index is 2.25. The smallest absolute Gasteiger partial charge is 0.0429 e. The zero-order valence-corrected chi connectivity index (χ0v) is 11.2. The number of hydrogen-bond donors (Lipinski definition) is 0. The van der Waals surface area contributed by atoms with Gasteiger partial charge in [0.15, 0.2) is 0 Å². The van der Waals surface area contributed by atoms with Gasteiger partial charge in [0.25, 0.3) is 0 Å². The minimum absolute atomic E-state index is 0.483. The Morgan fingerprint density at radius 2 is 1.61 bits per heavy atom. The lowest BCUT2D eigenvalue weighted by Gasteiger charge is -2.06. The van der Waals surface area contributed by atoms with E-state index >= 15 is 0 Å². The van der Waals surface area contributed by atoms with Crippen LogP contribution in [0.2, 0.25) is 0 Å². The first-order valence-electron chi connectivity index (χ1n) is 6.40. The van der Waals surface area contributed by atoms with Gasteiger partial charge in [-0.25, -0.2) is 0 Å². The average Bonchev–Trinajstić information content (AvgIpc) is 2.40. The fourth-order valence-corrected chi connectivity index (χ4v) is 1.90. The molecule has 1 heterocycles. The molecule has 0 spiro atoms. The molecule has 1 nitrogen and oxygen atoms in total. The van der Waals surface area contributed by atoms with Crippen molar-refractivity contribution in [1.29, 1.82) is 0 Å². The molecule has 0 aliphatic heterocycles. The maximum Gasteiger partial charge on any atom is 0.0429 e. The Morgan fingerprint density at radius 3 is 2.11 bits per heavy atom. The van der Waals surface area contributed by atoms with Gasteiger partial charge in [-0.05, 0) is 30.0 Å². The van der Waals surface area contributed by atoms with Crippen LogP contribution in [-0.2, 0) is 0 Å². The van der Waals surface area contributed by atoms with Gasteiger partial charge in [0.1, 0.15) is 0 Å². The number of hydrogen-bond acceptors (Lipinski definition) is 1. The minimum Gasteiger partial charge on any atom is -0.260 e. The fraction of sp³-hybridized carbons (Fsp3) is 0.235. The highest BCUT2D eigenvalue weighted by Crippen LogP contribution is 2.21. The van der Waals surface area contributed by atoms with E-state index in [4.69, 9.17) is 0 Å². The highest BCUT2D eigenvalue weighted by Gasteiger charge is 2.02. The van der Waals surface area contributed by atoms with Crippen LogP contribution in [0, 0.1) is 0 Å². The number of pyridine rings is 1. The Labute approximate surface area is 109 Å². The van der Waals surface area contributed by atoms with Crippen LogP contribution < -0.4 is 0 Å². The average molecular weight is 237 g/mol. The van der Waals surface area contributed by atoms with Gasteiger partial charge >= 0.3 is 0 Å². The zero-order chi connectivity index (χ0) is 13.0. The van der Waals surface area contributed by atoms with Gasteiger partial charge in [-0.1, -0.05) is 56.3 Å². The van der Waals surface area contributed by atoms with Gasteiger partial charge < -0.3 is 0 Å². The van der Waals surface area contributed by atoms with Gasteiger partial charge in [0.2, 0.25) is 0 Å². The number of aromatic nitrogens is 1. The standard InChI is InChI=1S/C17H19N/c1-4-5-14-6-8-15(9-7-14)16-10-11-17(13(2)3)18-12-16/h4-13H,1-3H3/b5-4+. The molecule has 0 amide bonds. The van der Waals surface area contributed by atoms with Crippen LogP contribution >= 0.6 is 0 Å². The largest absolute Gasteiger partial charge is 0.260 e. The normalized spacial score (nSPS) is 11.3. The van der Waals surface area contributed by atoms with Crippen molar-refractivity contribution in [3.05, 3.63) is 59.9 Å². The molecule has 1 aromatic heterocycles. The van der Waals surface area contributed by atoms with Gasteiger partial charge in [0, 0.05) is 17.5 Å². The minimum atomic E-state index is 0.483. The summed E-state index contributed by atoms with van der Waals surface area (Å²) in [4.78, 5) is 4.50. The Kier molecular flexibility index (Phi) is 3.93. The summed E-state index contributed by atoms with van der Waals surface area (Å²) in [5, 5.41) is 0. The summed E-state index contributed by atoms with van der Waals surface area (Å²) in [6.45, 7) is 6.35. The summed E-state index contributed by atoms with van der Waals surface area (Å²) in [6, 6.07) is 12.8. The summed E-state index contributed by atoms with van der Waals surface area (Å²) < 4.78 is 0. The van der Waals surface area contributed by atoms with Crippen molar-refractivity contribution in [2.45, 2.75) is 26.7 Å². The van der Waals surface area contributed by atoms with Crippen molar-refractivity contribution in [3.63, 3.8) is 0 Å². The van der Waals surface area contributed by atoms with E-state index in [1.165, 1.54) is 16.7 Å². The van der Waals surface area contributed by atoms with E-state index < -0.39 is 0 Å². The molecule has 0 unspecified atom stereocenters. The SMILES string of the molecule is C/C=C/c1ccc(-c2ccc(C(C)C)nc2)cc1. The molecule has 2 rings (SSSR count). The molecule has 0 radical (unpaired) electrons. The summed E-state index contributed by atoms with van der Waals surface area (Å²) in [5.74, 6) is 0.483. The summed E-state index contributed by atoms with van der Waals surface area (Å²) in [5.41, 5.74) is 4.76. The van der Waals surface area contributed by atoms with E-state index in [9.17, 15) is 0 Å². The van der Waals surface area contributed by atoms with Gasteiger partial charge in [-0.2, -0.15) is 0 Å². The molecule has 18 heavy (non-hydrogen) atoms.